The fourth-order valence-corrected chi connectivity index (χ4v) is 1.71. The van der Waals surface area contributed by atoms with Gasteiger partial charge in [0.2, 0.25) is 5.91 Å². The summed E-state index contributed by atoms with van der Waals surface area (Å²) in [6, 6.07) is 8.03. The third-order valence-corrected chi connectivity index (χ3v) is 2.63. The molecule has 0 aliphatic heterocycles. The molecule has 4 nitrogen and oxygen atoms in total. The monoisotopic (exact) mass is 243 g/mol. The highest BCUT2D eigenvalue weighted by atomic mass is 16.1. The number of anilines is 1. The Morgan fingerprint density at radius 1 is 1.33 bits per heavy atom. The number of carbonyl (C=O) groups is 1. The molecule has 0 unspecified atom stereocenters. The summed E-state index contributed by atoms with van der Waals surface area (Å²) >= 11 is 0. The van der Waals surface area contributed by atoms with Crippen LogP contribution in [0.1, 0.15) is 13.8 Å². The molecule has 1 aromatic heterocycles. The Bertz CT molecular complexity index is 546. The van der Waals surface area contributed by atoms with Crippen molar-refractivity contribution >= 4 is 22.4 Å². The van der Waals surface area contributed by atoms with Crippen LogP contribution in [-0.4, -0.2) is 23.5 Å². The second-order valence-corrected chi connectivity index (χ2v) is 4.49. The second-order valence-electron chi connectivity index (χ2n) is 4.49. The molecule has 0 saturated carbocycles. The maximum Gasteiger partial charge on any atom is 0.238 e. The van der Waals surface area contributed by atoms with Crippen LogP contribution >= 0.6 is 0 Å². The first-order valence-corrected chi connectivity index (χ1v) is 6.03. The van der Waals surface area contributed by atoms with Gasteiger partial charge in [0, 0.05) is 23.8 Å². The van der Waals surface area contributed by atoms with Gasteiger partial charge in [0.1, 0.15) is 0 Å². The zero-order chi connectivity index (χ0) is 13.0. The number of amides is 1. The Kier molecular flexibility index (Phi) is 3.89. The number of pyridine rings is 1. The number of hydrogen-bond acceptors (Lipinski definition) is 3. The number of nitrogens with zero attached hydrogens (tertiary/aromatic N) is 1. The normalized spacial score (nSPS) is 10.8. The Balaban J connectivity index is 2.14. The second kappa shape index (κ2) is 5.60. The third kappa shape index (κ3) is 3.05. The summed E-state index contributed by atoms with van der Waals surface area (Å²) in [5.74, 6) is -0.0416. The summed E-state index contributed by atoms with van der Waals surface area (Å²) in [5.41, 5.74) is 0.802. The SMILES string of the molecule is CC(C)NCC(=O)Nc1cccc2ccncc12. The first kappa shape index (κ1) is 12.5. The molecular weight excluding hydrogens is 226 g/mol. The van der Waals surface area contributed by atoms with E-state index in [1.165, 1.54) is 0 Å². The number of fused-ring (bicyclic) bond motifs is 1. The van der Waals surface area contributed by atoms with Crippen LogP contribution in [0.3, 0.4) is 0 Å². The molecule has 2 aromatic rings. The molecule has 1 amide bonds. The number of rotatable bonds is 4. The highest BCUT2D eigenvalue weighted by Gasteiger charge is 2.05. The van der Waals surface area contributed by atoms with Gasteiger partial charge in [-0.05, 0) is 17.5 Å². The molecule has 2 N–H and O–H groups in total. The Labute approximate surface area is 106 Å². The first-order valence-electron chi connectivity index (χ1n) is 6.03. The summed E-state index contributed by atoms with van der Waals surface area (Å²) in [6.07, 6.45) is 3.51. The van der Waals surface area contributed by atoms with Crippen LogP contribution in [0.2, 0.25) is 0 Å². The molecule has 0 aliphatic rings. The lowest BCUT2D eigenvalue weighted by atomic mass is 10.1. The largest absolute Gasteiger partial charge is 0.324 e. The highest BCUT2D eigenvalue weighted by molar-refractivity contribution is 6.02. The quantitative estimate of drug-likeness (QED) is 0.865. The van der Waals surface area contributed by atoms with Crippen molar-refractivity contribution < 1.29 is 4.79 Å². The van der Waals surface area contributed by atoms with Crippen molar-refractivity contribution in [3.63, 3.8) is 0 Å². The van der Waals surface area contributed by atoms with E-state index in [9.17, 15) is 4.79 Å². The zero-order valence-electron chi connectivity index (χ0n) is 10.6. The van der Waals surface area contributed by atoms with Crippen molar-refractivity contribution in [1.29, 1.82) is 0 Å². The smallest absolute Gasteiger partial charge is 0.238 e. The van der Waals surface area contributed by atoms with Crippen molar-refractivity contribution in [2.45, 2.75) is 19.9 Å². The van der Waals surface area contributed by atoms with Crippen molar-refractivity contribution in [1.82, 2.24) is 10.3 Å². The van der Waals surface area contributed by atoms with E-state index in [0.717, 1.165) is 16.5 Å². The topological polar surface area (TPSA) is 54.0 Å². The fourth-order valence-electron chi connectivity index (χ4n) is 1.71. The number of aromatic nitrogens is 1. The molecule has 1 heterocycles. The lowest BCUT2D eigenvalue weighted by Gasteiger charge is -2.10. The van der Waals surface area contributed by atoms with Crippen LogP contribution in [0.4, 0.5) is 5.69 Å². The van der Waals surface area contributed by atoms with Gasteiger partial charge in [-0.1, -0.05) is 26.0 Å². The molecule has 4 heteroatoms. The van der Waals surface area contributed by atoms with Gasteiger partial charge < -0.3 is 10.6 Å². The molecule has 2 rings (SSSR count). The standard InChI is InChI=1S/C14H17N3O/c1-10(2)16-9-14(18)17-13-5-3-4-11-6-7-15-8-12(11)13/h3-8,10,16H,9H2,1-2H3,(H,17,18). The van der Waals surface area contributed by atoms with Gasteiger partial charge in [-0.15, -0.1) is 0 Å². The van der Waals surface area contributed by atoms with Crippen LogP contribution in [0.25, 0.3) is 10.8 Å². The molecule has 1 aromatic carbocycles. The van der Waals surface area contributed by atoms with E-state index >= 15 is 0 Å². The zero-order valence-corrected chi connectivity index (χ0v) is 10.6. The lowest BCUT2D eigenvalue weighted by Crippen LogP contribution is -2.32. The van der Waals surface area contributed by atoms with Crippen LogP contribution in [0.5, 0.6) is 0 Å². The summed E-state index contributed by atoms with van der Waals surface area (Å²) < 4.78 is 0. The third-order valence-electron chi connectivity index (χ3n) is 2.63. The molecular formula is C14H17N3O. The Morgan fingerprint density at radius 2 is 2.17 bits per heavy atom. The number of carbonyl (C=O) groups excluding carboxylic acids is 1. The molecule has 18 heavy (non-hydrogen) atoms. The van der Waals surface area contributed by atoms with Gasteiger partial charge in [-0.2, -0.15) is 0 Å². The van der Waals surface area contributed by atoms with E-state index in [0.29, 0.717) is 12.6 Å². The predicted molar refractivity (Wildman–Crippen MR) is 73.5 cm³/mol. The fraction of sp³-hybridized carbons (Fsp3) is 0.286. The minimum Gasteiger partial charge on any atom is -0.324 e. The molecule has 0 bridgehead atoms. The minimum atomic E-state index is -0.0416. The highest BCUT2D eigenvalue weighted by Crippen LogP contribution is 2.21. The van der Waals surface area contributed by atoms with Crippen molar-refractivity contribution in [3.05, 3.63) is 36.7 Å². The van der Waals surface area contributed by atoms with Gasteiger partial charge in [-0.25, -0.2) is 0 Å². The number of nitrogens with one attached hydrogen (secondary N) is 2. The maximum absolute atomic E-state index is 11.8. The van der Waals surface area contributed by atoms with Gasteiger partial charge in [-0.3, -0.25) is 9.78 Å². The van der Waals surface area contributed by atoms with Crippen molar-refractivity contribution in [2.24, 2.45) is 0 Å². The average Bonchev–Trinajstić information content (AvgIpc) is 2.37. The van der Waals surface area contributed by atoms with Crippen LogP contribution in [0, 0.1) is 0 Å². The summed E-state index contributed by atoms with van der Waals surface area (Å²) in [7, 11) is 0. The predicted octanol–water partition coefficient (Wildman–Crippen LogP) is 2.17. The molecule has 0 aliphatic carbocycles. The van der Waals surface area contributed by atoms with E-state index < -0.39 is 0 Å². The number of benzene rings is 1. The average molecular weight is 243 g/mol. The molecule has 0 fully saturated rings. The van der Waals surface area contributed by atoms with E-state index in [1.807, 2.05) is 38.1 Å². The lowest BCUT2D eigenvalue weighted by molar-refractivity contribution is -0.115. The summed E-state index contributed by atoms with van der Waals surface area (Å²) in [4.78, 5) is 15.9. The van der Waals surface area contributed by atoms with Crippen LogP contribution < -0.4 is 10.6 Å². The summed E-state index contributed by atoms with van der Waals surface area (Å²) in [6.45, 7) is 4.33. The molecule has 0 saturated heterocycles. The van der Waals surface area contributed by atoms with E-state index in [4.69, 9.17) is 0 Å². The van der Waals surface area contributed by atoms with Crippen LogP contribution in [0.15, 0.2) is 36.7 Å². The summed E-state index contributed by atoms with van der Waals surface area (Å²) in [5, 5.41) is 8.01. The molecule has 0 spiro atoms. The molecule has 0 atom stereocenters. The van der Waals surface area contributed by atoms with E-state index in [-0.39, 0.29) is 5.91 Å². The molecule has 94 valence electrons. The number of hydrogen-bond donors (Lipinski definition) is 2. The first-order chi connectivity index (χ1) is 8.66. The van der Waals surface area contributed by atoms with E-state index in [1.54, 1.807) is 12.4 Å². The van der Waals surface area contributed by atoms with Crippen LogP contribution in [-0.2, 0) is 4.79 Å². The van der Waals surface area contributed by atoms with Gasteiger partial charge in [0.25, 0.3) is 0 Å². The Morgan fingerprint density at radius 3 is 2.94 bits per heavy atom. The van der Waals surface area contributed by atoms with Crippen molar-refractivity contribution in [3.8, 4) is 0 Å². The van der Waals surface area contributed by atoms with Gasteiger partial charge >= 0.3 is 0 Å². The van der Waals surface area contributed by atoms with Gasteiger partial charge in [0.15, 0.2) is 0 Å². The minimum absolute atomic E-state index is 0.0416. The Hall–Kier alpha value is -1.94. The molecule has 0 radical (unpaired) electrons. The van der Waals surface area contributed by atoms with Gasteiger partial charge in [0.05, 0.1) is 12.2 Å². The van der Waals surface area contributed by atoms with Crippen molar-refractivity contribution in [2.75, 3.05) is 11.9 Å². The maximum atomic E-state index is 11.8. The van der Waals surface area contributed by atoms with E-state index in [2.05, 4.69) is 15.6 Å².